The summed E-state index contributed by atoms with van der Waals surface area (Å²) >= 11 is 0. The van der Waals surface area contributed by atoms with E-state index in [2.05, 4.69) is 5.32 Å². The lowest BCUT2D eigenvalue weighted by Crippen LogP contribution is -2.52. The number of aryl methyl sites for hydroxylation is 1. The first-order chi connectivity index (χ1) is 12.9. The monoisotopic (exact) mass is 391 g/mol. The second kappa shape index (κ2) is 8.24. The van der Waals surface area contributed by atoms with E-state index in [0.717, 1.165) is 11.3 Å². The molecule has 1 amide bonds. The van der Waals surface area contributed by atoms with Crippen LogP contribution in [0.5, 0.6) is 0 Å². The standard InChI is InChI=1S/C19H25N3O4S/c1-15-5-7-17(8-6-15)27(24,25)22-11-9-21(10-12-22)19(23)14-20-16(2)18-4-3-13-26-18/h3-8,13,16,20H,9-12,14H2,1-2H3/t16-/m0/s1. The summed E-state index contributed by atoms with van der Waals surface area (Å²) in [5, 5.41) is 3.14. The highest BCUT2D eigenvalue weighted by Crippen LogP contribution is 2.18. The summed E-state index contributed by atoms with van der Waals surface area (Å²) in [6, 6.07) is 10.4. The van der Waals surface area contributed by atoms with E-state index in [1.165, 1.54) is 4.31 Å². The molecule has 1 aliphatic heterocycles. The highest BCUT2D eigenvalue weighted by Gasteiger charge is 2.30. The highest BCUT2D eigenvalue weighted by atomic mass is 32.2. The average molecular weight is 391 g/mol. The SMILES string of the molecule is Cc1ccc(S(=O)(=O)N2CCN(C(=O)CN[C@@H](C)c3ccco3)CC2)cc1. The van der Waals surface area contributed by atoms with Crippen LogP contribution in [0.25, 0.3) is 0 Å². The molecule has 0 radical (unpaired) electrons. The molecule has 3 rings (SSSR count). The van der Waals surface area contributed by atoms with Crippen molar-refractivity contribution in [1.82, 2.24) is 14.5 Å². The van der Waals surface area contributed by atoms with Crippen LogP contribution in [0.3, 0.4) is 0 Å². The van der Waals surface area contributed by atoms with Gasteiger partial charge in [-0.25, -0.2) is 8.42 Å². The second-order valence-electron chi connectivity index (χ2n) is 6.72. The summed E-state index contributed by atoms with van der Waals surface area (Å²) in [5.41, 5.74) is 1.01. The summed E-state index contributed by atoms with van der Waals surface area (Å²) in [7, 11) is -3.52. The second-order valence-corrected chi connectivity index (χ2v) is 8.65. The Labute approximate surface area is 160 Å². The Morgan fingerprint density at radius 3 is 2.41 bits per heavy atom. The third-order valence-electron chi connectivity index (χ3n) is 4.78. The lowest BCUT2D eigenvalue weighted by Gasteiger charge is -2.34. The Balaban J connectivity index is 1.52. The zero-order chi connectivity index (χ0) is 19.4. The molecule has 1 N–H and O–H groups in total. The zero-order valence-electron chi connectivity index (χ0n) is 15.6. The van der Waals surface area contributed by atoms with Crippen molar-refractivity contribution in [3.63, 3.8) is 0 Å². The Bertz CT molecular complexity index is 855. The van der Waals surface area contributed by atoms with Crippen LogP contribution in [0.1, 0.15) is 24.3 Å². The summed E-state index contributed by atoms with van der Waals surface area (Å²) in [5.74, 6) is 0.734. The average Bonchev–Trinajstić information content (AvgIpc) is 3.21. The van der Waals surface area contributed by atoms with E-state index >= 15 is 0 Å². The van der Waals surface area contributed by atoms with Gasteiger partial charge in [0.15, 0.2) is 0 Å². The fourth-order valence-corrected chi connectivity index (χ4v) is 4.45. The molecule has 27 heavy (non-hydrogen) atoms. The largest absolute Gasteiger partial charge is 0.468 e. The van der Waals surface area contributed by atoms with E-state index in [1.54, 1.807) is 35.4 Å². The van der Waals surface area contributed by atoms with Gasteiger partial charge in [0, 0.05) is 26.2 Å². The van der Waals surface area contributed by atoms with Gasteiger partial charge in [-0.3, -0.25) is 10.1 Å². The number of hydrogen-bond donors (Lipinski definition) is 1. The van der Waals surface area contributed by atoms with Crippen LogP contribution in [-0.2, 0) is 14.8 Å². The van der Waals surface area contributed by atoms with Crippen LogP contribution in [0.4, 0.5) is 0 Å². The van der Waals surface area contributed by atoms with Gasteiger partial charge in [0.25, 0.3) is 0 Å². The predicted molar refractivity (Wildman–Crippen MR) is 102 cm³/mol. The number of amides is 1. The number of nitrogens with one attached hydrogen (secondary N) is 1. The van der Waals surface area contributed by atoms with Crippen LogP contribution < -0.4 is 5.32 Å². The number of carbonyl (C=O) groups excluding carboxylic acids is 1. The van der Waals surface area contributed by atoms with Crippen molar-refractivity contribution in [3.8, 4) is 0 Å². The summed E-state index contributed by atoms with van der Waals surface area (Å²) in [6.07, 6.45) is 1.60. The predicted octanol–water partition coefficient (Wildman–Crippen LogP) is 1.77. The van der Waals surface area contributed by atoms with E-state index in [1.807, 2.05) is 26.0 Å². The Morgan fingerprint density at radius 2 is 1.81 bits per heavy atom. The molecule has 2 heterocycles. The number of carbonyl (C=O) groups is 1. The molecule has 1 atom stereocenters. The van der Waals surface area contributed by atoms with Crippen LogP contribution in [0.15, 0.2) is 52.0 Å². The van der Waals surface area contributed by atoms with Crippen molar-refractivity contribution in [2.75, 3.05) is 32.7 Å². The Kier molecular flexibility index (Phi) is 5.98. The molecule has 0 bridgehead atoms. The molecule has 0 aliphatic carbocycles. The number of hydrogen-bond acceptors (Lipinski definition) is 5. The van der Waals surface area contributed by atoms with Gasteiger partial charge in [-0.05, 0) is 38.1 Å². The van der Waals surface area contributed by atoms with Crippen LogP contribution in [-0.4, -0.2) is 56.3 Å². The third kappa shape index (κ3) is 4.58. The van der Waals surface area contributed by atoms with Gasteiger partial charge in [-0.15, -0.1) is 0 Å². The molecule has 1 fully saturated rings. The number of sulfonamides is 1. The summed E-state index contributed by atoms with van der Waals surface area (Å²) < 4.78 is 32.2. The van der Waals surface area contributed by atoms with Crippen molar-refractivity contribution >= 4 is 15.9 Å². The normalized spacial score (nSPS) is 17.0. The van der Waals surface area contributed by atoms with Gasteiger partial charge in [0.1, 0.15) is 5.76 Å². The van der Waals surface area contributed by atoms with Gasteiger partial charge in [0.2, 0.25) is 15.9 Å². The topological polar surface area (TPSA) is 82.9 Å². The van der Waals surface area contributed by atoms with Crippen molar-refractivity contribution in [2.45, 2.75) is 24.8 Å². The molecular formula is C19H25N3O4S. The summed E-state index contributed by atoms with van der Waals surface area (Å²) in [4.78, 5) is 14.4. The van der Waals surface area contributed by atoms with Gasteiger partial charge in [-0.2, -0.15) is 4.31 Å². The van der Waals surface area contributed by atoms with E-state index in [0.29, 0.717) is 31.1 Å². The van der Waals surface area contributed by atoms with Crippen molar-refractivity contribution in [3.05, 3.63) is 54.0 Å². The molecule has 0 spiro atoms. The van der Waals surface area contributed by atoms with Crippen LogP contribution in [0, 0.1) is 6.92 Å². The first-order valence-corrected chi connectivity index (χ1v) is 10.4. The third-order valence-corrected chi connectivity index (χ3v) is 6.69. The molecule has 0 saturated carbocycles. The molecule has 1 saturated heterocycles. The van der Waals surface area contributed by atoms with Gasteiger partial charge < -0.3 is 9.32 Å². The first kappa shape index (κ1) is 19.6. The maximum atomic E-state index is 12.7. The van der Waals surface area contributed by atoms with Crippen molar-refractivity contribution in [1.29, 1.82) is 0 Å². The van der Waals surface area contributed by atoms with Crippen molar-refractivity contribution < 1.29 is 17.6 Å². The number of piperazine rings is 1. The number of benzene rings is 1. The molecular weight excluding hydrogens is 366 g/mol. The maximum absolute atomic E-state index is 12.7. The van der Waals surface area contributed by atoms with Gasteiger partial charge >= 0.3 is 0 Å². The minimum atomic E-state index is -3.52. The number of rotatable bonds is 6. The minimum absolute atomic E-state index is 0.0409. The molecule has 1 aliphatic rings. The molecule has 7 nitrogen and oxygen atoms in total. The number of furan rings is 1. The Morgan fingerprint density at radius 1 is 1.15 bits per heavy atom. The first-order valence-electron chi connectivity index (χ1n) is 8.99. The number of nitrogens with zero attached hydrogens (tertiary/aromatic N) is 2. The molecule has 0 unspecified atom stereocenters. The van der Waals surface area contributed by atoms with Gasteiger partial charge in [0.05, 0.1) is 23.7 Å². The van der Waals surface area contributed by atoms with Crippen molar-refractivity contribution in [2.24, 2.45) is 0 Å². The van der Waals surface area contributed by atoms with Crippen LogP contribution in [0.2, 0.25) is 0 Å². The van der Waals surface area contributed by atoms with E-state index < -0.39 is 10.0 Å². The fraction of sp³-hybridized carbons (Fsp3) is 0.421. The van der Waals surface area contributed by atoms with Crippen LogP contribution >= 0.6 is 0 Å². The maximum Gasteiger partial charge on any atom is 0.243 e. The lowest BCUT2D eigenvalue weighted by molar-refractivity contribution is -0.131. The highest BCUT2D eigenvalue weighted by molar-refractivity contribution is 7.89. The molecule has 8 heteroatoms. The van der Waals surface area contributed by atoms with Gasteiger partial charge in [-0.1, -0.05) is 17.7 Å². The minimum Gasteiger partial charge on any atom is -0.468 e. The lowest BCUT2D eigenvalue weighted by atomic mass is 10.2. The quantitative estimate of drug-likeness (QED) is 0.812. The Hall–Kier alpha value is -2.16. The van der Waals surface area contributed by atoms with E-state index in [9.17, 15) is 13.2 Å². The molecule has 1 aromatic carbocycles. The fourth-order valence-electron chi connectivity index (χ4n) is 3.03. The molecule has 146 valence electrons. The molecule has 2 aromatic rings. The smallest absolute Gasteiger partial charge is 0.243 e. The van der Waals surface area contributed by atoms with E-state index in [-0.39, 0.29) is 18.5 Å². The zero-order valence-corrected chi connectivity index (χ0v) is 16.4. The molecule has 1 aromatic heterocycles. The van der Waals surface area contributed by atoms with E-state index in [4.69, 9.17) is 4.42 Å². The summed E-state index contributed by atoms with van der Waals surface area (Å²) in [6.45, 7) is 5.42.